The zero-order chi connectivity index (χ0) is 18.7. The molecule has 0 radical (unpaired) electrons. The lowest BCUT2D eigenvalue weighted by Crippen LogP contribution is -2.43. The van der Waals surface area contributed by atoms with E-state index >= 15 is 0 Å². The first-order chi connectivity index (χ1) is 13.2. The average molecular weight is 367 g/mol. The molecule has 2 heterocycles. The number of nitrogen functional groups attached to an aromatic ring is 1. The quantitative estimate of drug-likeness (QED) is 0.805. The fourth-order valence-electron chi connectivity index (χ4n) is 3.54. The standard InChI is InChI=1S/C20H25N5O2/c21-19-22-12-16(17(24-19)15-4-2-1-3-5-15)18(26)23-13-20(6-7-20)14-25-8-10-27-11-9-25/h1-5,12H,6-11,13-14H2,(H,23,26)(H2,21,22,24). The van der Waals surface area contributed by atoms with Crippen LogP contribution in [0.25, 0.3) is 11.3 Å². The molecule has 2 fully saturated rings. The number of nitrogens with zero attached hydrogens (tertiary/aromatic N) is 3. The van der Waals surface area contributed by atoms with Crippen molar-refractivity contribution in [2.24, 2.45) is 5.41 Å². The van der Waals surface area contributed by atoms with E-state index in [0.29, 0.717) is 17.8 Å². The Morgan fingerprint density at radius 2 is 1.96 bits per heavy atom. The van der Waals surface area contributed by atoms with Crippen LogP contribution >= 0.6 is 0 Å². The van der Waals surface area contributed by atoms with Gasteiger partial charge in [0.1, 0.15) is 0 Å². The van der Waals surface area contributed by atoms with E-state index in [0.717, 1.165) is 51.3 Å². The smallest absolute Gasteiger partial charge is 0.255 e. The van der Waals surface area contributed by atoms with Gasteiger partial charge in [-0.05, 0) is 12.8 Å². The maximum atomic E-state index is 12.9. The van der Waals surface area contributed by atoms with Crippen molar-refractivity contribution in [3.8, 4) is 11.3 Å². The van der Waals surface area contributed by atoms with Crippen LogP contribution in [0.4, 0.5) is 5.95 Å². The second-order valence-electron chi connectivity index (χ2n) is 7.43. The number of carbonyl (C=O) groups is 1. The number of amides is 1. The Kier molecular flexibility index (Phi) is 5.05. The third kappa shape index (κ3) is 4.26. The summed E-state index contributed by atoms with van der Waals surface area (Å²) < 4.78 is 5.42. The summed E-state index contributed by atoms with van der Waals surface area (Å²) >= 11 is 0. The third-order valence-corrected chi connectivity index (χ3v) is 5.34. The summed E-state index contributed by atoms with van der Waals surface area (Å²) in [5.41, 5.74) is 7.82. The molecule has 1 saturated heterocycles. The molecule has 1 saturated carbocycles. The number of anilines is 1. The van der Waals surface area contributed by atoms with Gasteiger partial charge in [-0.2, -0.15) is 0 Å². The zero-order valence-corrected chi connectivity index (χ0v) is 15.4. The van der Waals surface area contributed by atoms with Gasteiger partial charge in [-0.1, -0.05) is 30.3 Å². The number of ether oxygens (including phenoxy) is 1. The first-order valence-corrected chi connectivity index (χ1v) is 9.41. The molecule has 2 aromatic rings. The predicted octanol–water partition coefficient (Wildman–Crippen LogP) is 1.57. The van der Waals surface area contributed by atoms with Gasteiger partial charge in [0.05, 0.1) is 24.5 Å². The van der Waals surface area contributed by atoms with Crippen molar-refractivity contribution in [1.82, 2.24) is 20.2 Å². The van der Waals surface area contributed by atoms with Crippen molar-refractivity contribution in [2.75, 3.05) is 45.1 Å². The van der Waals surface area contributed by atoms with E-state index < -0.39 is 0 Å². The van der Waals surface area contributed by atoms with E-state index in [9.17, 15) is 4.79 Å². The normalized spacial score (nSPS) is 18.8. The molecular weight excluding hydrogens is 342 g/mol. The van der Waals surface area contributed by atoms with Gasteiger partial charge in [0, 0.05) is 43.4 Å². The van der Waals surface area contributed by atoms with Crippen LogP contribution in [0, 0.1) is 5.41 Å². The first-order valence-electron chi connectivity index (χ1n) is 9.41. The lowest BCUT2D eigenvalue weighted by Gasteiger charge is -2.30. The Morgan fingerprint density at radius 3 is 2.67 bits per heavy atom. The highest BCUT2D eigenvalue weighted by molar-refractivity contribution is 5.99. The molecule has 0 atom stereocenters. The maximum absolute atomic E-state index is 12.9. The fraction of sp³-hybridized carbons (Fsp3) is 0.450. The van der Waals surface area contributed by atoms with E-state index in [2.05, 4.69) is 20.2 Å². The second kappa shape index (κ2) is 7.62. The summed E-state index contributed by atoms with van der Waals surface area (Å²) in [6, 6.07) is 9.59. The van der Waals surface area contributed by atoms with Gasteiger partial charge >= 0.3 is 0 Å². The minimum Gasteiger partial charge on any atom is -0.379 e. The number of aromatic nitrogens is 2. The molecule has 1 aliphatic heterocycles. The lowest BCUT2D eigenvalue weighted by molar-refractivity contribution is 0.0283. The number of nitrogens with two attached hydrogens (primary N) is 1. The van der Waals surface area contributed by atoms with Crippen LogP contribution in [0.1, 0.15) is 23.2 Å². The van der Waals surface area contributed by atoms with Crippen LogP contribution in [0.3, 0.4) is 0 Å². The monoisotopic (exact) mass is 367 g/mol. The Labute approximate surface area is 158 Å². The highest BCUT2D eigenvalue weighted by Crippen LogP contribution is 2.45. The second-order valence-corrected chi connectivity index (χ2v) is 7.43. The van der Waals surface area contributed by atoms with Crippen LogP contribution < -0.4 is 11.1 Å². The molecule has 1 aromatic heterocycles. The molecule has 3 N–H and O–H groups in total. The molecule has 0 spiro atoms. The summed E-state index contributed by atoms with van der Waals surface area (Å²) in [4.78, 5) is 23.6. The number of rotatable bonds is 6. The van der Waals surface area contributed by atoms with Crippen LogP contribution in [0.15, 0.2) is 36.5 Å². The first kappa shape index (κ1) is 17.9. The van der Waals surface area contributed by atoms with E-state index in [4.69, 9.17) is 10.5 Å². The van der Waals surface area contributed by atoms with Crippen molar-refractivity contribution in [2.45, 2.75) is 12.8 Å². The number of hydrogen-bond donors (Lipinski definition) is 2. The summed E-state index contributed by atoms with van der Waals surface area (Å²) in [5.74, 6) is 0.0125. The number of nitrogens with one attached hydrogen (secondary N) is 1. The Bertz CT molecular complexity index is 801. The molecule has 4 rings (SSSR count). The van der Waals surface area contributed by atoms with Gasteiger partial charge in [0.15, 0.2) is 0 Å². The molecular formula is C20H25N5O2. The number of hydrogen-bond acceptors (Lipinski definition) is 6. The van der Waals surface area contributed by atoms with Crippen molar-refractivity contribution in [3.05, 3.63) is 42.1 Å². The van der Waals surface area contributed by atoms with Crippen molar-refractivity contribution in [3.63, 3.8) is 0 Å². The number of morpholine rings is 1. The molecule has 1 aliphatic carbocycles. The molecule has 7 heteroatoms. The fourth-order valence-corrected chi connectivity index (χ4v) is 3.54. The summed E-state index contributed by atoms with van der Waals surface area (Å²) in [6.07, 6.45) is 3.81. The topological polar surface area (TPSA) is 93.4 Å². The number of carbonyl (C=O) groups excluding carboxylic acids is 1. The summed E-state index contributed by atoms with van der Waals surface area (Å²) in [7, 11) is 0. The van der Waals surface area contributed by atoms with Crippen LogP contribution in [0.5, 0.6) is 0 Å². The van der Waals surface area contributed by atoms with Gasteiger partial charge in [-0.25, -0.2) is 9.97 Å². The molecule has 0 unspecified atom stereocenters. The molecule has 0 bridgehead atoms. The van der Waals surface area contributed by atoms with Gasteiger partial charge in [-0.3, -0.25) is 9.69 Å². The SMILES string of the molecule is Nc1ncc(C(=O)NCC2(CN3CCOCC3)CC2)c(-c2ccccc2)n1. The Balaban J connectivity index is 1.44. The Morgan fingerprint density at radius 1 is 1.22 bits per heavy atom. The highest BCUT2D eigenvalue weighted by atomic mass is 16.5. The van der Waals surface area contributed by atoms with E-state index in [1.54, 1.807) is 0 Å². The largest absolute Gasteiger partial charge is 0.379 e. The minimum atomic E-state index is -0.151. The van der Waals surface area contributed by atoms with Crippen LogP contribution in [-0.4, -0.2) is 60.2 Å². The Hall–Kier alpha value is -2.51. The lowest BCUT2D eigenvalue weighted by atomic mass is 10.0. The van der Waals surface area contributed by atoms with Gasteiger partial charge in [-0.15, -0.1) is 0 Å². The zero-order valence-electron chi connectivity index (χ0n) is 15.4. The molecule has 1 amide bonds. The highest BCUT2D eigenvalue weighted by Gasteiger charge is 2.44. The molecule has 2 aliphatic rings. The maximum Gasteiger partial charge on any atom is 0.255 e. The van der Waals surface area contributed by atoms with E-state index in [-0.39, 0.29) is 17.3 Å². The average Bonchev–Trinajstić information content (AvgIpc) is 3.47. The minimum absolute atomic E-state index is 0.151. The van der Waals surface area contributed by atoms with Gasteiger partial charge in [0.2, 0.25) is 5.95 Å². The van der Waals surface area contributed by atoms with Crippen LogP contribution in [0.2, 0.25) is 0 Å². The summed E-state index contributed by atoms with van der Waals surface area (Å²) in [6.45, 7) is 5.22. The van der Waals surface area contributed by atoms with Crippen LogP contribution in [-0.2, 0) is 4.74 Å². The van der Waals surface area contributed by atoms with Crippen molar-refractivity contribution < 1.29 is 9.53 Å². The third-order valence-electron chi connectivity index (χ3n) is 5.34. The molecule has 7 nitrogen and oxygen atoms in total. The molecule has 1 aromatic carbocycles. The summed E-state index contributed by atoms with van der Waals surface area (Å²) in [5, 5.41) is 3.10. The van der Waals surface area contributed by atoms with E-state index in [1.165, 1.54) is 6.20 Å². The van der Waals surface area contributed by atoms with Crippen molar-refractivity contribution >= 4 is 11.9 Å². The van der Waals surface area contributed by atoms with E-state index in [1.807, 2.05) is 30.3 Å². The predicted molar refractivity (Wildman–Crippen MR) is 103 cm³/mol. The molecule has 27 heavy (non-hydrogen) atoms. The molecule has 142 valence electrons. The van der Waals surface area contributed by atoms with Gasteiger partial charge < -0.3 is 15.8 Å². The number of benzene rings is 1. The van der Waals surface area contributed by atoms with Crippen molar-refractivity contribution in [1.29, 1.82) is 0 Å². The van der Waals surface area contributed by atoms with Gasteiger partial charge in [0.25, 0.3) is 5.91 Å².